The Morgan fingerprint density at radius 2 is 1.90 bits per heavy atom. The fraction of sp³-hybridized carbons (Fsp3) is 0.231. The Bertz CT molecular complexity index is 493. The van der Waals surface area contributed by atoms with E-state index in [1.165, 1.54) is 6.07 Å². The number of ether oxygens (including phenoxy) is 1. The van der Waals surface area contributed by atoms with E-state index in [9.17, 15) is 9.59 Å². The minimum atomic E-state index is -1.27. The quantitative estimate of drug-likeness (QED) is 0.367. The average Bonchev–Trinajstić information content (AvgIpc) is 2.39. The van der Waals surface area contributed by atoms with Crippen molar-refractivity contribution in [1.82, 2.24) is 0 Å². The van der Waals surface area contributed by atoms with E-state index >= 15 is 0 Å². The molecular formula is C13H16O7. The summed E-state index contributed by atoms with van der Waals surface area (Å²) >= 11 is 0. The maximum atomic E-state index is 10.5. The van der Waals surface area contributed by atoms with Crippen LogP contribution in [0.25, 0.3) is 0 Å². The zero-order valence-corrected chi connectivity index (χ0v) is 10.9. The van der Waals surface area contributed by atoms with Crippen molar-refractivity contribution in [1.29, 1.82) is 0 Å². The van der Waals surface area contributed by atoms with Crippen molar-refractivity contribution in [3.63, 3.8) is 0 Å². The predicted octanol–water partition coefficient (Wildman–Crippen LogP) is 0.894. The van der Waals surface area contributed by atoms with Gasteiger partial charge in [0.05, 0.1) is 6.61 Å². The lowest BCUT2D eigenvalue weighted by atomic mass is 10.2. The van der Waals surface area contributed by atoms with Crippen LogP contribution in [0.15, 0.2) is 30.4 Å². The Morgan fingerprint density at radius 3 is 2.30 bits per heavy atom. The summed E-state index contributed by atoms with van der Waals surface area (Å²) in [5, 5.41) is 34.3. The largest absolute Gasteiger partial charge is 0.508 e. The molecule has 4 N–H and O–H groups in total. The highest BCUT2D eigenvalue weighted by molar-refractivity contribution is 5.91. The van der Waals surface area contributed by atoms with Crippen LogP contribution in [0, 0.1) is 0 Å². The Hall–Kier alpha value is -2.54. The number of phenolic OH excluding ortho intramolecular Hbond substituents is 1. The molecule has 0 saturated carbocycles. The zero-order valence-electron chi connectivity index (χ0n) is 10.9. The minimum Gasteiger partial charge on any atom is -0.508 e. The SMILES string of the molecule is C=C(C)C(=O)OCCO.O=C(O)c1cc(O)ccc1O. The van der Waals surface area contributed by atoms with Crippen LogP contribution in [-0.4, -0.2) is 45.6 Å². The third-order valence-corrected chi connectivity index (χ3v) is 1.88. The number of carboxylic acid groups (broad SMARTS) is 1. The van der Waals surface area contributed by atoms with Crippen molar-refractivity contribution >= 4 is 11.9 Å². The third kappa shape index (κ3) is 6.41. The second kappa shape index (κ2) is 8.54. The van der Waals surface area contributed by atoms with Gasteiger partial charge in [0.1, 0.15) is 23.7 Å². The van der Waals surface area contributed by atoms with Gasteiger partial charge in [-0.1, -0.05) is 6.58 Å². The number of carbonyl (C=O) groups excluding carboxylic acids is 1. The molecule has 7 heteroatoms. The normalized spacial score (nSPS) is 9.10. The summed E-state index contributed by atoms with van der Waals surface area (Å²) in [6.45, 7) is 4.81. The molecule has 0 amide bonds. The van der Waals surface area contributed by atoms with Crippen molar-refractivity contribution in [2.45, 2.75) is 6.92 Å². The van der Waals surface area contributed by atoms with Gasteiger partial charge in [0.2, 0.25) is 0 Å². The predicted molar refractivity (Wildman–Crippen MR) is 69.6 cm³/mol. The van der Waals surface area contributed by atoms with Crippen molar-refractivity contribution in [3.05, 3.63) is 35.9 Å². The van der Waals surface area contributed by atoms with E-state index in [2.05, 4.69) is 11.3 Å². The number of aromatic hydroxyl groups is 2. The second-order valence-electron chi connectivity index (χ2n) is 3.65. The van der Waals surface area contributed by atoms with E-state index in [1.54, 1.807) is 6.92 Å². The lowest BCUT2D eigenvalue weighted by Crippen LogP contribution is -2.08. The van der Waals surface area contributed by atoms with Crippen molar-refractivity contribution in [2.75, 3.05) is 13.2 Å². The first-order valence-electron chi connectivity index (χ1n) is 5.48. The summed E-state index contributed by atoms with van der Waals surface area (Å²) < 4.78 is 4.46. The van der Waals surface area contributed by atoms with Gasteiger partial charge in [-0.05, 0) is 25.1 Å². The molecule has 0 unspecified atom stereocenters. The van der Waals surface area contributed by atoms with Crippen molar-refractivity contribution in [3.8, 4) is 11.5 Å². The number of carboxylic acids is 1. The second-order valence-corrected chi connectivity index (χ2v) is 3.65. The van der Waals surface area contributed by atoms with Gasteiger partial charge in [0.15, 0.2) is 0 Å². The molecule has 1 aromatic carbocycles. The Balaban J connectivity index is 0.000000370. The van der Waals surface area contributed by atoms with Crippen molar-refractivity contribution < 1.29 is 34.8 Å². The fourth-order valence-electron chi connectivity index (χ4n) is 0.957. The molecule has 0 saturated heterocycles. The monoisotopic (exact) mass is 284 g/mol. The van der Waals surface area contributed by atoms with Crippen LogP contribution in [0.1, 0.15) is 17.3 Å². The number of aromatic carboxylic acids is 1. The zero-order chi connectivity index (χ0) is 15.7. The average molecular weight is 284 g/mol. The Labute approximate surface area is 115 Å². The summed E-state index contributed by atoms with van der Waals surface area (Å²) in [7, 11) is 0. The number of aliphatic hydroxyl groups excluding tert-OH is 1. The molecule has 0 bridgehead atoms. The number of phenols is 2. The molecule has 1 aromatic rings. The summed E-state index contributed by atoms with van der Waals surface area (Å²) in [5.41, 5.74) is 0.0495. The highest BCUT2D eigenvalue weighted by Crippen LogP contribution is 2.21. The van der Waals surface area contributed by atoms with E-state index in [4.69, 9.17) is 20.4 Å². The number of hydrogen-bond acceptors (Lipinski definition) is 6. The molecule has 20 heavy (non-hydrogen) atoms. The van der Waals surface area contributed by atoms with Gasteiger partial charge in [-0.15, -0.1) is 0 Å². The van der Waals surface area contributed by atoms with Gasteiger partial charge in [-0.3, -0.25) is 0 Å². The highest BCUT2D eigenvalue weighted by Gasteiger charge is 2.08. The summed E-state index contributed by atoms with van der Waals surface area (Å²) in [6.07, 6.45) is 0. The van der Waals surface area contributed by atoms with Crippen LogP contribution in [0.2, 0.25) is 0 Å². The molecule has 0 aliphatic carbocycles. The molecule has 0 aliphatic rings. The topological polar surface area (TPSA) is 124 Å². The molecule has 110 valence electrons. The van der Waals surface area contributed by atoms with E-state index in [-0.39, 0.29) is 30.3 Å². The van der Waals surface area contributed by atoms with Crippen LogP contribution in [0.5, 0.6) is 11.5 Å². The lowest BCUT2D eigenvalue weighted by Gasteiger charge is -1.99. The molecular weight excluding hydrogens is 268 g/mol. The lowest BCUT2D eigenvalue weighted by molar-refractivity contribution is -0.139. The molecule has 1 rings (SSSR count). The molecule has 0 heterocycles. The van der Waals surface area contributed by atoms with Gasteiger partial charge in [-0.2, -0.15) is 0 Å². The van der Waals surface area contributed by atoms with E-state index in [0.29, 0.717) is 5.57 Å². The minimum absolute atomic E-state index is 0.0473. The van der Waals surface area contributed by atoms with E-state index in [1.807, 2.05) is 0 Å². The first kappa shape index (κ1) is 17.5. The fourth-order valence-corrected chi connectivity index (χ4v) is 0.957. The molecule has 7 nitrogen and oxygen atoms in total. The molecule has 0 aliphatic heterocycles. The highest BCUT2D eigenvalue weighted by atomic mass is 16.5. The van der Waals surface area contributed by atoms with Gasteiger partial charge in [0.25, 0.3) is 0 Å². The Morgan fingerprint density at radius 1 is 1.30 bits per heavy atom. The number of hydrogen-bond donors (Lipinski definition) is 4. The van der Waals surface area contributed by atoms with Gasteiger partial charge < -0.3 is 25.2 Å². The molecule has 0 aromatic heterocycles. The molecule has 0 spiro atoms. The summed E-state index contributed by atoms with van der Waals surface area (Å²) in [6, 6.07) is 3.32. The maximum absolute atomic E-state index is 10.5. The van der Waals surface area contributed by atoms with Crippen LogP contribution in [-0.2, 0) is 9.53 Å². The number of aliphatic hydroxyl groups is 1. The van der Waals surface area contributed by atoms with Crippen LogP contribution in [0.4, 0.5) is 0 Å². The standard InChI is InChI=1S/C7H6O4.C6H10O3/c8-4-1-2-6(9)5(3-4)7(10)11;1-5(2)6(8)9-4-3-7/h1-3,8-9H,(H,10,11);7H,1,3-4H2,2H3. The van der Waals surface area contributed by atoms with Crippen molar-refractivity contribution in [2.24, 2.45) is 0 Å². The maximum Gasteiger partial charge on any atom is 0.339 e. The molecule has 0 atom stereocenters. The van der Waals surface area contributed by atoms with Crippen LogP contribution < -0.4 is 0 Å². The van der Waals surface area contributed by atoms with E-state index in [0.717, 1.165) is 12.1 Å². The number of carbonyl (C=O) groups is 2. The molecule has 0 fully saturated rings. The number of rotatable bonds is 4. The van der Waals surface area contributed by atoms with Crippen LogP contribution >= 0.6 is 0 Å². The first-order chi connectivity index (χ1) is 9.29. The first-order valence-corrected chi connectivity index (χ1v) is 5.48. The third-order valence-electron chi connectivity index (χ3n) is 1.88. The Kier molecular flexibility index (Phi) is 7.46. The summed E-state index contributed by atoms with van der Waals surface area (Å²) in [5.74, 6) is -2.25. The van der Waals surface area contributed by atoms with E-state index < -0.39 is 11.9 Å². The smallest absolute Gasteiger partial charge is 0.339 e. The molecule has 0 radical (unpaired) electrons. The van der Waals surface area contributed by atoms with Gasteiger partial charge in [-0.25, -0.2) is 9.59 Å². The number of esters is 1. The number of benzene rings is 1. The summed E-state index contributed by atoms with van der Waals surface area (Å²) in [4.78, 5) is 20.8. The van der Waals surface area contributed by atoms with Gasteiger partial charge in [0, 0.05) is 5.57 Å². The van der Waals surface area contributed by atoms with Gasteiger partial charge >= 0.3 is 11.9 Å². The van der Waals surface area contributed by atoms with Crippen LogP contribution in [0.3, 0.4) is 0 Å².